The molecular formula is C26H23N3O3. The lowest BCUT2D eigenvalue weighted by Gasteiger charge is -2.08. The van der Waals surface area contributed by atoms with Crippen LogP contribution in [-0.4, -0.2) is 20.5 Å². The standard InChI is InChI=1S/C26H23N3O3/c30-26(32-20-25-28-16-17-29(25)18-22-6-2-1-3-7-22)14-11-21-9-12-24(13-10-21)31-19-23-8-4-5-15-27-23/h1-17H,18-20H2/b14-11+. The largest absolute Gasteiger partial charge is 0.487 e. The van der Waals surface area contributed by atoms with Crippen molar-refractivity contribution in [3.63, 3.8) is 0 Å². The van der Waals surface area contributed by atoms with Gasteiger partial charge in [-0.2, -0.15) is 0 Å². The van der Waals surface area contributed by atoms with Gasteiger partial charge in [-0.15, -0.1) is 0 Å². The summed E-state index contributed by atoms with van der Waals surface area (Å²) in [5.74, 6) is 1.01. The highest BCUT2D eigenvalue weighted by molar-refractivity contribution is 5.87. The summed E-state index contributed by atoms with van der Waals surface area (Å²) >= 11 is 0. The van der Waals surface area contributed by atoms with E-state index in [4.69, 9.17) is 9.47 Å². The minimum Gasteiger partial charge on any atom is -0.487 e. The first kappa shape index (κ1) is 21.1. The van der Waals surface area contributed by atoms with Gasteiger partial charge < -0.3 is 14.0 Å². The molecule has 0 saturated heterocycles. The highest BCUT2D eigenvalue weighted by atomic mass is 16.5. The van der Waals surface area contributed by atoms with Crippen LogP contribution in [0.5, 0.6) is 5.75 Å². The molecule has 0 spiro atoms. The molecule has 0 amide bonds. The molecule has 0 aliphatic rings. The Hall–Kier alpha value is -4.19. The molecule has 6 heteroatoms. The summed E-state index contributed by atoms with van der Waals surface area (Å²) in [6, 6.07) is 23.2. The molecule has 2 aromatic heterocycles. The Balaban J connectivity index is 1.25. The lowest BCUT2D eigenvalue weighted by molar-refractivity contribution is -0.139. The summed E-state index contributed by atoms with van der Waals surface area (Å²) in [4.78, 5) is 20.7. The third-order valence-electron chi connectivity index (χ3n) is 4.75. The van der Waals surface area contributed by atoms with Crippen molar-refractivity contribution in [2.45, 2.75) is 19.8 Å². The number of ether oxygens (including phenoxy) is 2. The molecule has 160 valence electrons. The monoisotopic (exact) mass is 425 g/mol. The minimum absolute atomic E-state index is 0.114. The Labute approximate surface area is 186 Å². The summed E-state index contributed by atoms with van der Waals surface area (Å²) in [6.07, 6.45) is 8.45. The van der Waals surface area contributed by atoms with Gasteiger partial charge in [0.15, 0.2) is 0 Å². The number of aromatic nitrogens is 3. The molecule has 0 atom stereocenters. The third kappa shape index (κ3) is 6.15. The number of imidazole rings is 1. The Bertz CT molecular complexity index is 1150. The van der Waals surface area contributed by atoms with Crippen molar-refractivity contribution in [3.8, 4) is 5.75 Å². The number of rotatable bonds is 9. The van der Waals surface area contributed by atoms with E-state index >= 15 is 0 Å². The maximum Gasteiger partial charge on any atom is 0.331 e. The molecule has 0 aliphatic carbocycles. The Morgan fingerprint density at radius 2 is 1.69 bits per heavy atom. The summed E-state index contributed by atoms with van der Waals surface area (Å²) < 4.78 is 13.0. The van der Waals surface area contributed by atoms with Crippen molar-refractivity contribution in [1.29, 1.82) is 0 Å². The number of benzene rings is 2. The first-order valence-corrected chi connectivity index (χ1v) is 10.3. The van der Waals surface area contributed by atoms with Crippen LogP contribution < -0.4 is 4.74 Å². The number of hydrogen-bond acceptors (Lipinski definition) is 5. The van der Waals surface area contributed by atoms with E-state index in [1.807, 2.05) is 83.6 Å². The molecule has 0 bridgehead atoms. The maximum absolute atomic E-state index is 12.1. The van der Waals surface area contributed by atoms with Crippen molar-refractivity contribution in [1.82, 2.24) is 14.5 Å². The fourth-order valence-corrected chi connectivity index (χ4v) is 3.07. The number of nitrogens with zero attached hydrogens (tertiary/aromatic N) is 3. The summed E-state index contributed by atoms with van der Waals surface area (Å²) in [5.41, 5.74) is 2.90. The zero-order valence-electron chi connectivity index (χ0n) is 17.5. The average Bonchev–Trinajstić information content (AvgIpc) is 3.29. The van der Waals surface area contributed by atoms with E-state index in [9.17, 15) is 4.79 Å². The fraction of sp³-hybridized carbons (Fsp3) is 0.115. The predicted molar refractivity (Wildman–Crippen MR) is 122 cm³/mol. The fourth-order valence-electron chi connectivity index (χ4n) is 3.07. The van der Waals surface area contributed by atoms with Crippen LogP contribution in [-0.2, 0) is 29.3 Å². The van der Waals surface area contributed by atoms with Crippen LogP contribution in [0.1, 0.15) is 22.6 Å². The average molecular weight is 425 g/mol. The van der Waals surface area contributed by atoms with Gasteiger partial charge in [-0.1, -0.05) is 48.5 Å². The van der Waals surface area contributed by atoms with Gasteiger partial charge in [0.25, 0.3) is 0 Å². The van der Waals surface area contributed by atoms with Gasteiger partial charge in [-0.25, -0.2) is 9.78 Å². The quantitative estimate of drug-likeness (QED) is 0.288. The van der Waals surface area contributed by atoms with Crippen molar-refractivity contribution < 1.29 is 14.3 Å². The van der Waals surface area contributed by atoms with E-state index in [1.165, 1.54) is 6.08 Å². The summed E-state index contributed by atoms with van der Waals surface area (Å²) in [5, 5.41) is 0. The van der Waals surface area contributed by atoms with Crippen molar-refractivity contribution in [2.75, 3.05) is 0 Å². The lowest BCUT2D eigenvalue weighted by atomic mass is 10.2. The SMILES string of the molecule is O=C(/C=C/c1ccc(OCc2ccccn2)cc1)OCc1nccn1Cc1ccccc1. The summed E-state index contributed by atoms with van der Waals surface area (Å²) in [7, 11) is 0. The van der Waals surface area contributed by atoms with Crippen molar-refractivity contribution in [2.24, 2.45) is 0 Å². The Morgan fingerprint density at radius 1 is 0.875 bits per heavy atom. The van der Waals surface area contributed by atoms with E-state index < -0.39 is 5.97 Å². The molecular weight excluding hydrogens is 402 g/mol. The maximum atomic E-state index is 12.1. The van der Waals surface area contributed by atoms with Gasteiger partial charge >= 0.3 is 5.97 Å². The summed E-state index contributed by atoms with van der Waals surface area (Å²) in [6.45, 7) is 1.20. The van der Waals surface area contributed by atoms with Crippen LogP contribution >= 0.6 is 0 Å². The first-order chi connectivity index (χ1) is 15.8. The van der Waals surface area contributed by atoms with E-state index in [-0.39, 0.29) is 6.61 Å². The number of esters is 1. The van der Waals surface area contributed by atoms with Gasteiger partial charge in [0, 0.05) is 31.2 Å². The van der Waals surface area contributed by atoms with Crippen LogP contribution in [0.2, 0.25) is 0 Å². The molecule has 4 aromatic rings. The molecule has 6 nitrogen and oxygen atoms in total. The van der Waals surface area contributed by atoms with E-state index in [0.717, 1.165) is 22.6 Å². The topological polar surface area (TPSA) is 66.2 Å². The zero-order valence-corrected chi connectivity index (χ0v) is 17.5. The van der Waals surface area contributed by atoms with Gasteiger partial charge in [-0.3, -0.25) is 4.98 Å². The van der Waals surface area contributed by atoms with E-state index in [2.05, 4.69) is 9.97 Å². The molecule has 0 unspecified atom stereocenters. The minimum atomic E-state index is -0.422. The second-order valence-corrected chi connectivity index (χ2v) is 7.08. The van der Waals surface area contributed by atoms with Gasteiger partial charge in [-0.05, 0) is 41.5 Å². The number of carbonyl (C=O) groups is 1. The van der Waals surface area contributed by atoms with Gasteiger partial charge in [0.2, 0.25) is 0 Å². The van der Waals surface area contributed by atoms with Crippen molar-refractivity contribution in [3.05, 3.63) is 120 Å². The highest BCUT2D eigenvalue weighted by Gasteiger charge is 2.06. The van der Waals surface area contributed by atoms with Crippen LogP contribution in [0.25, 0.3) is 6.08 Å². The predicted octanol–water partition coefficient (Wildman–Crippen LogP) is 4.66. The van der Waals surface area contributed by atoms with Gasteiger partial charge in [0.05, 0.1) is 5.69 Å². The van der Waals surface area contributed by atoms with Crippen LogP contribution in [0.15, 0.2) is 97.5 Å². The Morgan fingerprint density at radius 3 is 2.47 bits per heavy atom. The van der Waals surface area contributed by atoms with Crippen LogP contribution in [0.3, 0.4) is 0 Å². The third-order valence-corrected chi connectivity index (χ3v) is 4.75. The lowest BCUT2D eigenvalue weighted by Crippen LogP contribution is -2.08. The van der Waals surface area contributed by atoms with E-state index in [1.54, 1.807) is 18.5 Å². The molecule has 2 heterocycles. The number of pyridine rings is 1. The zero-order chi connectivity index (χ0) is 22.0. The normalized spacial score (nSPS) is 10.9. The van der Waals surface area contributed by atoms with Crippen LogP contribution in [0.4, 0.5) is 0 Å². The molecule has 0 N–H and O–H groups in total. The second-order valence-electron chi connectivity index (χ2n) is 7.08. The van der Waals surface area contributed by atoms with Crippen molar-refractivity contribution >= 4 is 12.0 Å². The molecule has 0 aliphatic heterocycles. The number of hydrogen-bond donors (Lipinski definition) is 0. The highest BCUT2D eigenvalue weighted by Crippen LogP contribution is 2.15. The smallest absolute Gasteiger partial charge is 0.331 e. The molecule has 0 radical (unpaired) electrons. The second kappa shape index (κ2) is 10.7. The molecule has 0 fully saturated rings. The van der Waals surface area contributed by atoms with Crippen LogP contribution in [0, 0.1) is 0 Å². The first-order valence-electron chi connectivity index (χ1n) is 10.3. The molecule has 0 saturated carbocycles. The van der Waals surface area contributed by atoms with Gasteiger partial charge in [0.1, 0.15) is 24.8 Å². The van der Waals surface area contributed by atoms with E-state index in [0.29, 0.717) is 19.0 Å². The molecule has 32 heavy (non-hydrogen) atoms. The Kier molecular flexibility index (Phi) is 7.06. The molecule has 2 aromatic carbocycles. The molecule has 4 rings (SSSR count). The number of carbonyl (C=O) groups excluding carboxylic acids is 1.